The molecule has 7 heteroatoms. The number of hydrogen-bond donors (Lipinski definition) is 3. The minimum atomic E-state index is -4.48. The average molecular weight is 427 g/mol. The first-order valence-corrected chi connectivity index (χ1v) is 11.3. The molecule has 0 aliphatic heterocycles. The summed E-state index contributed by atoms with van der Waals surface area (Å²) in [5.74, 6) is -0.416. The number of fused-ring (bicyclic) bond motifs is 1. The van der Waals surface area contributed by atoms with Crippen molar-refractivity contribution in [3.05, 3.63) is 77.9 Å². The Morgan fingerprint density at radius 2 is 1.63 bits per heavy atom. The van der Waals surface area contributed by atoms with E-state index in [2.05, 4.69) is 34.9 Å². The van der Waals surface area contributed by atoms with Gasteiger partial charge < -0.3 is 10.6 Å². The third-order valence-corrected chi connectivity index (χ3v) is 6.00. The van der Waals surface area contributed by atoms with Gasteiger partial charge in [0.05, 0.1) is 5.56 Å². The molecule has 3 aromatic rings. The zero-order chi connectivity index (χ0) is 21.7. The zero-order valence-corrected chi connectivity index (χ0v) is 17.8. The van der Waals surface area contributed by atoms with Crippen molar-refractivity contribution in [3.8, 4) is 0 Å². The first-order valence-electron chi connectivity index (χ1n) is 9.82. The van der Waals surface area contributed by atoms with Crippen LogP contribution in [0.1, 0.15) is 29.8 Å². The molecule has 0 saturated carbocycles. The number of carbonyl (C=O) groups excluding carboxylic acids is 1. The van der Waals surface area contributed by atoms with Crippen molar-refractivity contribution in [1.82, 2.24) is 10.6 Å². The summed E-state index contributed by atoms with van der Waals surface area (Å²) in [6.07, 6.45) is 0. The van der Waals surface area contributed by atoms with Gasteiger partial charge in [-0.25, -0.2) is 0 Å². The molecule has 0 saturated heterocycles. The van der Waals surface area contributed by atoms with E-state index in [9.17, 15) is 17.8 Å². The molecule has 3 rings (SSSR count). The van der Waals surface area contributed by atoms with Crippen LogP contribution in [0.2, 0.25) is 0 Å². The van der Waals surface area contributed by atoms with Gasteiger partial charge in [0, 0.05) is 19.1 Å². The van der Waals surface area contributed by atoms with Crippen molar-refractivity contribution >= 4 is 26.8 Å². The van der Waals surface area contributed by atoms with Crippen LogP contribution in [0.25, 0.3) is 10.8 Å². The van der Waals surface area contributed by atoms with Gasteiger partial charge in [0.1, 0.15) is 4.90 Å². The number of hydrogen-bond acceptors (Lipinski definition) is 4. The third-order valence-electron chi connectivity index (χ3n) is 5.09. The summed E-state index contributed by atoms with van der Waals surface area (Å²) in [5.41, 5.74) is 1.10. The Hall–Kier alpha value is -2.74. The molecule has 0 bridgehead atoms. The summed E-state index contributed by atoms with van der Waals surface area (Å²) in [5, 5.41) is 8.64. The molecule has 0 fully saturated rings. The van der Waals surface area contributed by atoms with Crippen LogP contribution < -0.4 is 10.6 Å². The lowest BCUT2D eigenvalue weighted by Crippen LogP contribution is -2.45. The smallest absolute Gasteiger partial charge is 0.295 e. The lowest BCUT2D eigenvalue weighted by Gasteiger charge is -2.23. The summed E-state index contributed by atoms with van der Waals surface area (Å²) in [6.45, 7) is 5.13. The SMILES string of the molecule is CC(C)[C@@H](CNCc1cccc2ccccc12)NC(=O)c1ccccc1S(=O)(=O)O. The highest BCUT2D eigenvalue weighted by Gasteiger charge is 2.23. The van der Waals surface area contributed by atoms with Crippen LogP contribution in [0.15, 0.2) is 71.6 Å². The molecule has 0 heterocycles. The first kappa shape index (κ1) is 22.0. The maximum absolute atomic E-state index is 12.7. The Labute approximate surface area is 177 Å². The van der Waals surface area contributed by atoms with Gasteiger partial charge in [-0.1, -0.05) is 68.4 Å². The molecule has 1 amide bonds. The van der Waals surface area contributed by atoms with Crippen molar-refractivity contribution in [3.63, 3.8) is 0 Å². The quantitative estimate of drug-likeness (QED) is 0.478. The summed E-state index contributed by atoms with van der Waals surface area (Å²) >= 11 is 0. The maximum Gasteiger partial charge on any atom is 0.295 e. The van der Waals surface area contributed by atoms with Crippen molar-refractivity contribution in [2.45, 2.75) is 31.3 Å². The highest BCUT2D eigenvalue weighted by molar-refractivity contribution is 7.86. The fourth-order valence-corrected chi connectivity index (χ4v) is 4.08. The van der Waals surface area contributed by atoms with Crippen molar-refractivity contribution < 1.29 is 17.8 Å². The van der Waals surface area contributed by atoms with E-state index in [4.69, 9.17) is 0 Å². The Kier molecular flexibility index (Phi) is 6.87. The summed E-state index contributed by atoms with van der Waals surface area (Å²) in [6, 6.07) is 19.7. The average Bonchev–Trinajstić information content (AvgIpc) is 2.72. The fourth-order valence-electron chi connectivity index (χ4n) is 3.39. The van der Waals surface area contributed by atoms with Crippen LogP contribution in [0.3, 0.4) is 0 Å². The van der Waals surface area contributed by atoms with E-state index in [0.717, 1.165) is 0 Å². The standard InChI is InChI=1S/C23H26N2O4S/c1-16(2)21(25-23(26)20-12-5-6-13-22(20)30(27,28)29)15-24-14-18-10-7-9-17-8-3-4-11-19(17)18/h3-13,16,21,24H,14-15H2,1-2H3,(H,25,26)(H,27,28,29)/t21-/m1/s1. The van der Waals surface area contributed by atoms with Crippen LogP contribution in [0.5, 0.6) is 0 Å². The second-order valence-electron chi connectivity index (χ2n) is 7.56. The monoisotopic (exact) mass is 426 g/mol. The van der Waals surface area contributed by atoms with Gasteiger partial charge in [-0.05, 0) is 34.4 Å². The van der Waals surface area contributed by atoms with E-state index in [1.807, 2.05) is 32.0 Å². The third kappa shape index (κ3) is 5.24. The van der Waals surface area contributed by atoms with Gasteiger partial charge in [0.2, 0.25) is 0 Å². The Morgan fingerprint density at radius 1 is 0.967 bits per heavy atom. The normalized spacial score (nSPS) is 12.8. The predicted octanol–water partition coefficient (Wildman–Crippen LogP) is 3.63. The van der Waals surface area contributed by atoms with Crippen LogP contribution in [0.4, 0.5) is 0 Å². The van der Waals surface area contributed by atoms with E-state index in [1.54, 1.807) is 6.07 Å². The highest BCUT2D eigenvalue weighted by atomic mass is 32.2. The molecular formula is C23H26N2O4S. The van der Waals surface area contributed by atoms with E-state index in [1.165, 1.54) is 34.5 Å². The molecule has 0 unspecified atom stereocenters. The number of nitrogens with one attached hydrogen (secondary N) is 2. The first-order chi connectivity index (χ1) is 14.3. The van der Waals surface area contributed by atoms with Crippen LogP contribution in [0, 0.1) is 5.92 Å². The fraction of sp³-hybridized carbons (Fsp3) is 0.261. The van der Waals surface area contributed by atoms with Crippen molar-refractivity contribution in [2.75, 3.05) is 6.54 Å². The number of rotatable bonds is 8. The van der Waals surface area contributed by atoms with Crippen LogP contribution in [-0.2, 0) is 16.7 Å². The number of carbonyl (C=O) groups is 1. The molecule has 3 N–H and O–H groups in total. The second-order valence-corrected chi connectivity index (χ2v) is 8.95. The minimum Gasteiger partial charge on any atom is -0.348 e. The van der Waals surface area contributed by atoms with E-state index >= 15 is 0 Å². The predicted molar refractivity (Wildman–Crippen MR) is 118 cm³/mol. The zero-order valence-electron chi connectivity index (χ0n) is 17.0. The second kappa shape index (κ2) is 9.38. The molecule has 6 nitrogen and oxygen atoms in total. The summed E-state index contributed by atoms with van der Waals surface area (Å²) < 4.78 is 32.6. The van der Waals surface area contributed by atoms with Crippen molar-refractivity contribution in [1.29, 1.82) is 0 Å². The largest absolute Gasteiger partial charge is 0.348 e. The van der Waals surface area contributed by atoms with Crippen LogP contribution >= 0.6 is 0 Å². The van der Waals surface area contributed by atoms with E-state index in [-0.39, 0.29) is 17.5 Å². The molecular weight excluding hydrogens is 400 g/mol. The van der Waals surface area contributed by atoms with Crippen molar-refractivity contribution in [2.24, 2.45) is 5.92 Å². The molecule has 0 aliphatic carbocycles. The topological polar surface area (TPSA) is 95.5 Å². The number of amides is 1. The maximum atomic E-state index is 12.7. The summed E-state index contributed by atoms with van der Waals surface area (Å²) in [4.78, 5) is 12.3. The van der Waals surface area contributed by atoms with Gasteiger partial charge in [-0.2, -0.15) is 8.42 Å². The Balaban J connectivity index is 1.69. The lowest BCUT2D eigenvalue weighted by atomic mass is 10.0. The molecule has 158 valence electrons. The van der Waals surface area contributed by atoms with Gasteiger partial charge in [-0.15, -0.1) is 0 Å². The number of benzene rings is 3. The molecule has 1 atom stereocenters. The van der Waals surface area contributed by atoms with Gasteiger partial charge in [0.25, 0.3) is 16.0 Å². The Bertz CT molecular complexity index is 1140. The molecule has 0 spiro atoms. The minimum absolute atomic E-state index is 0.0697. The van der Waals surface area contributed by atoms with Gasteiger partial charge in [0.15, 0.2) is 0 Å². The van der Waals surface area contributed by atoms with Crippen LogP contribution in [-0.4, -0.2) is 31.5 Å². The molecule has 0 aromatic heterocycles. The highest BCUT2D eigenvalue weighted by Crippen LogP contribution is 2.19. The van der Waals surface area contributed by atoms with Gasteiger partial charge in [-0.3, -0.25) is 9.35 Å². The van der Waals surface area contributed by atoms with E-state index < -0.39 is 20.9 Å². The van der Waals surface area contributed by atoms with Gasteiger partial charge >= 0.3 is 0 Å². The lowest BCUT2D eigenvalue weighted by molar-refractivity contribution is 0.0921. The summed E-state index contributed by atoms with van der Waals surface area (Å²) in [7, 11) is -4.48. The Morgan fingerprint density at radius 3 is 2.37 bits per heavy atom. The molecule has 0 aliphatic rings. The molecule has 3 aromatic carbocycles. The van der Waals surface area contributed by atoms with E-state index in [0.29, 0.717) is 13.1 Å². The molecule has 30 heavy (non-hydrogen) atoms. The molecule has 0 radical (unpaired) electrons.